The van der Waals surface area contributed by atoms with Crippen LogP contribution in [0, 0.1) is 28.6 Å². The number of aliphatic hydroxyl groups excluding tert-OH is 1. The SMILES string of the molecule is COc1c([C@@H]2O[C@@H]3C[C@H]4[C@@H]5CCC6=CC(=O)C=C[C@]6(C)[C@H]5[C@@H](O)C[C@]4(C)[C@]3(C(=O)COP(=O)(O)O)O2)csc1Cc1ccc(NC(=O)[C@H](CCC(=O)O)NC(=O)CNC(=O)CBr)cc1. The predicted molar refractivity (Wildman–Crippen MR) is 232 cm³/mol. The Bertz CT molecular complexity index is 2320. The highest BCUT2D eigenvalue weighted by Crippen LogP contribution is 2.71. The molecule has 5 aliphatic rings. The van der Waals surface area contributed by atoms with E-state index in [1.165, 1.54) is 18.4 Å². The van der Waals surface area contributed by atoms with Crippen molar-refractivity contribution in [2.45, 2.75) is 88.9 Å². The summed E-state index contributed by atoms with van der Waals surface area (Å²) in [6.45, 7) is 2.57. The normalized spacial score (nSPS) is 30.8. The molecule has 4 aliphatic carbocycles. The lowest BCUT2D eigenvalue weighted by molar-refractivity contribution is -0.201. The molecule has 64 heavy (non-hydrogen) atoms. The highest BCUT2D eigenvalue weighted by atomic mass is 79.9. The van der Waals surface area contributed by atoms with Gasteiger partial charge in [-0.25, -0.2) is 4.57 Å². The summed E-state index contributed by atoms with van der Waals surface area (Å²) in [4.78, 5) is 95.2. The van der Waals surface area contributed by atoms with Gasteiger partial charge in [-0.1, -0.05) is 53.6 Å². The molecule has 1 aromatic heterocycles. The number of nitrogens with one attached hydrogen (secondary N) is 3. The van der Waals surface area contributed by atoms with Gasteiger partial charge in [0.15, 0.2) is 23.5 Å². The van der Waals surface area contributed by atoms with Crippen molar-refractivity contribution in [2.24, 2.45) is 28.6 Å². The molecule has 2 aromatic rings. The van der Waals surface area contributed by atoms with Crippen LogP contribution in [0.3, 0.4) is 0 Å². The van der Waals surface area contributed by atoms with E-state index >= 15 is 0 Å². The minimum Gasteiger partial charge on any atom is -0.495 e. The minimum atomic E-state index is -5.07. The third kappa shape index (κ3) is 9.18. The van der Waals surface area contributed by atoms with Gasteiger partial charge in [0.2, 0.25) is 17.7 Å². The van der Waals surface area contributed by atoms with E-state index in [1.54, 1.807) is 41.8 Å². The summed E-state index contributed by atoms with van der Waals surface area (Å²) < 4.78 is 36.1. The van der Waals surface area contributed by atoms with Crippen LogP contribution in [0.15, 0.2) is 53.4 Å². The summed E-state index contributed by atoms with van der Waals surface area (Å²) in [5, 5.41) is 30.6. The number of fused-ring (bicyclic) bond motifs is 7. The van der Waals surface area contributed by atoms with Crippen LogP contribution < -0.4 is 20.7 Å². The molecule has 0 spiro atoms. The van der Waals surface area contributed by atoms with Crippen LogP contribution in [0.5, 0.6) is 5.75 Å². The number of hydrogen-bond donors (Lipinski definition) is 7. The molecule has 10 atom stereocenters. The summed E-state index contributed by atoms with van der Waals surface area (Å²) in [5.74, 6) is -3.82. The average Bonchev–Trinajstić information content (AvgIpc) is 3.90. The molecule has 3 amide bonds. The summed E-state index contributed by atoms with van der Waals surface area (Å²) in [6, 6.07) is 5.64. The van der Waals surface area contributed by atoms with E-state index in [4.69, 9.17) is 18.7 Å². The standard InChI is InChI=1S/C43H51BrN3O15PS/c1-41-13-12-25(48)15-23(41)6-9-26-28-16-33-43(32(50)20-60-63(56,57)58,42(28,2)17-30(49)37(26)41)62-40(61-33)27-21-64-31(38(27)59-3)14-22-4-7-24(8-5-22)46-39(55)29(10-11-36(53)54)47-35(52)19-45-34(51)18-44/h4-5,7-8,12-13,15,21,26,28-30,33,37,40,49H,6,9-11,14,16-20H2,1-3H3,(H,45,51)(H,46,55)(H,47,52)(H,53,54)(H2,56,57,58)/t26-,28-,29-,30-,33+,37+,40+,41-,42-,43+/m0/s1. The lowest BCUT2D eigenvalue weighted by atomic mass is 9.46. The molecule has 2 heterocycles. The predicted octanol–water partition coefficient (Wildman–Crippen LogP) is 3.87. The average molecular weight is 993 g/mol. The molecule has 4 fully saturated rings. The second-order valence-electron chi connectivity index (χ2n) is 17.4. The molecule has 0 bridgehead atoms. The first-order chi connectivity index (χ1) is 30.2. The first kappa shape index (κ1) is 47.8. The highest BCUT2D eigenvalue weighted by Gasteiger charge is 2.76. The number of alkyl halides is 1. The van der Waals surface area contributed by atoms with Crippen molar-refractivity contribution in [2.75, 3.05) is 30.9 Å². The quantitative estimate of drug-likeness (QED) is 0.0876. The number of anilines is 1. The number of hydrogen-bond acceptors (Lipinski definition) is 13. The molecule has 3 saturated carbocycles. The number of phosphoric acid groups is 1. The number of halogens is 1. The topological polar surface area (TPSA) is 273 Å². The van der Waals surface area contributed by atoms with Crippen LogP contribution in [0.25, 0.3) is 0 Å². The number of Topliss-reactive ketones (excluding diaryl/α,β-unsaturated/α-hetero) is 1. The van der Waals surface area contributed by atoms with Gasteiger partial charge in [-0.3, -0.25) is 33.3 Å². The molecule has 18 nitrogen and oxygen atoms in total. The van der Waals surface area contributed by atoms with Crippen molar-refractivity contribution < 1.29 is 72.1 Å². The number of ketones is 2. The first-order valence-corrected chi connectivity index (χ1v) is 24.3. The number of amides is 3. The number of methoxy groups -OCH3 is 1. The number of carbonyl (C=O) groups excluding carboxylic acids is 5. The zero-order chi connectivity index (χ0) is 46.4. The van der Waals surface area contributed by atoms with Crippen molar-refractivity contribution in [1.29, 1.82) is 0 Å². The zero-order valence-electron chi connectivity index (χ0n) is 35.2. The number of carbonyl (C=O) groups is 6. The summed E-state index contributed by atoms with van der Waals surface area (Å²) in [6.07, 6.45) is 3.73. The van der Waals surface area contributed by atoms with Crippen molar-refractivity contribution in [3.8, 4) is 5.75 Å². The van der Waals surface area contributed by atoms with Crippen LogP contribution in [-0.4, -0.2) is 105 Å². The number of benzene rings is 1. The van der Waals surface area contributed by atoms with Gasteiger partial charge in [0.25, 0.3) is 0 Å². The van der Waals surface area contributed by atoms with Gasteiger partial charge in [-0.2, -0.15) is 0 Å². The largest absolute Gasteiger partial charge is 0.495 e. The second kappa shape index (κ2) is 18.6. The summed E-state index contributed by atoms with van der Waals surface area (Å²) in [7, 11) is -3.58. The minimum absolute atomic E-state index is 0.0222. The van der Waals surface area contributed by atoms with E-state index in [0.29, 0.717) is 42.7 Å². The third-order valence-electron chi connectivity index (χ3n) is 13.8. The Morgan fingerprint density at radius 2 is 1.84 bits per heavy atom. The van der Waals surface area contributed by atoms with E-state index in [-0.39, 0.29) is 48.1 Å². The number of thiophene rings is 1. The first-order valence-electron chi connectivity index (χ1n) is 20.8. The van der Waals surface area contributed by atoms with E-state index in [1.807, 2.05) is 19.9 Å². The van der Waals surface area contributed by atoms with E-state index in [9.17, 15) is 53.3 Å². The van der Waals surface area contributed by atoms with Gasteiger partial charge in [0.1, 0.15) is 18.4 Å². The molecule has 0 radical (unpaired) electrons. The Balaban J connectivity index is 1.09. The molecular weight excluding hydrogens is 941 g/mol. The maximum absolute atomic E-state index is 14.5. The number of aliphatic carboxylic acids is 1. The van der Waals surface area contributed by atoms with Crippen LogP contribution >= 0.6 is 35.1 Å². The van der Waals surface area contributed by atoms with Crippen LogP contribution in [0.2, 0.25) is 0 Å². The molecular formula is C43H51BrN3O15PS. The van der Waals surface area contributed by atoms with Crippen molar-refractivity contribution in [3.63, 3.8) is 0 Å². The van der Waals surface area contributed by atoms with Gasteiger partial charge in [-0.15, -0.1) is 11.3 Å². The van der Waals surface area contributed by atoms with E-state index in [0.717, 1.165) is 16.0 Å². The molecule has 1 aromatic carbocycles. The number of rotatable bonds is 17. The van der Waals surface area contributed by atoms with Crippen molar-refractivity contribution in [1.82, 2.24) is 10.6 Å². The molecule has 7 N–H and O–H groups in total. The fourth-order valence-electron chi connectivity index (χ4n) is 11.0. The fraction of sp³-hybridized carbons (Fsp3) is 0.535. The Hall–Kier alpha value is -4.11. The van der Waals surface area contributed by atoms with Crippen LogP contribution in [0.1, 0.15) is 74.7 Å². The molecule has 1 saturated heterocycles. The Morgan fingerprint density at radius 3 is 2.52 bits per heavy atom. The fourth-order valence-corrected chi connectivity index (χ4v) is 12.5. The smallest absolute Gasteiger partial charge is 0.470 e. The van der Waals surface area contributed by atoms with Gasteiger partial charge in [-0.05, 0) is 73.8 Å². The van der Waals surface area contributed by atoms with E-state index < -0.39 is 91.4 Å². The maximum atomic E-state index is 14.5. The van der Waals surface area contributed by atoms with Crippen LogP contribution in [-0.2, 0) is 53.8 Å². The van der Waals surface area contributed by atoms with Crippen LogP contribution in [0.4, 0.5) is 5.69 Å². The molecule has 21 heteroatoms. The second-order valence-corrected chi connectivity index (χ2v) is 20.2. The monoisotopic (exact) mass is 991 g/mol. The Morgan fingerprint density at radius 1 is 1.11 bits per heavy atom. The Kier molecular flexibility index (Phi) is 13.9. The molecule has 0 unspecified atom stereocenters. The number of carboxylic acids is 1. The highest BCUT2D eigenvalue weighted by molar-refractivity contribution is 9.09. The number of phosphoric ester groups is 1. The number of ether oxygens (including phenoxy) is 3. The zero-order valence-corrected chi connectivity index (χ0v) is 38.5. The van der Waals surface area contributed by atoms with Gasteiger partial charge in [0.05, 0.1) is 41.6 Å². The number of aliphatic hydroxyl groups is 1. The number of allylic oxidation sites excluding steroid dienone is 4. The summed E-state index contributed by atoms with van der Waals surface area (Å²) in [5.41, 5.74) is -0.732. The lowest BCUT2D eigenvalue weighted by Gasteiger charge is -2.59. The third-order valence-corrected chi connectivity index (χ3v) is 15.7. The molecule has 1 aliphatic heterocycles. The lowest BCUT2D eigenvalue weighted by Crippen LogP contribution is -2.63. The maximum Gasteiger partial charge on any atom is 0.470 e. The van der Waals surface area contributed by atoms with Gasteiger partial charge < -0.3 is 50.2 Å². The molecule has 7 rings (SSSR count). The summed E-state index contributed by atoms with van der Waals surface area (Å²) >= 11 is 4.34. The number of carboxylic acid groups (broad SMARTS) is 1. The van der Waals surface area contributed by atoms with Crippen molar-refractivity contribution in [3.05, 3.63) is 69.5 Å². The Labute approximate surface area is 380 Å². The van der Waals surface area contributed by atoms with Gasteiger partial charge in [0, 0.05) is 40.7 Å². The van der Waals surface area contributed by atoms with E-state index in [2.05, 4.69) is 31.9 Å². The van der Waals surface area contributed by atoms with Gasteiger partial charge >= 0.3 is 13.8 Å². The van der Waals surface area contributed by atoms with Crippen molar-refractivity contribution >= 4 is 76.0 Å². The molecule has 346 valence electrons.